The van der Waals surface area contributed by atoms with Crippen LogP contribution in [0.3, 0.4) is 0 Å². The number of anilines is 1. The number of nitrogens with one attached hydrogen (secondary N) is 1. The third kappa shape index (κ3) is 4.96. The first kappa shape index (κ1) is 12.8. The van der Waals surface area contributed by atoms with Gasteiger partial charge in [-0.2, -0.15) is 0 Å². The van der Waals surface area contributed by atoms with Crippen molar-refractivity contribution in [3.8, 4) is 0 Å². The minimum Gasteiger partial charge on any atom is -0.384 e. The van der Waals surface area contributed by atoms with Gasteiger partial charge in [-0.1, -0.05) is 32.8 Å². The quantitative estimate of drug-likeness (QED) is 0.697. The molecule has 2 nitrogen and oxygen atoms in total. The Labute approximate surface area is 98.8 Å². The zero-order chi connectivity index (χ0) is 11.6. The van der Waals surface area contributed by atoms with Crippen molar-refractivity contribution in [2.75, 3.05) is 11.9 Å². The monoisotopic (exact) mass is 218 g/mol. The first-order chi connectivity index (χ1) is 7.86. The Morgan fingerprint density at radius 2 is 2.12 bits per heavy atom. The normalized spacial score (nSPS) is 10.9. The Morgan fingerprint density at radius 1 is 1.25 bits per heavy atom. The molecule has 0 radical (unpaired) electrons. The van der Waals surface area contributed by atoms with Crippen LogP contribution < -0.4 is 5.32 Å². The fourth-order valence-electron chi connectivity index (χ4n) is 1.45. The molecule has 1 heterocycles. The lowest BCUT2D eigenvalue weighted by molar-refractivity contribution is 0.743. The topological polar surface area (TPSA) is 24.9 Å². The van der Waals surface area contributed by atoms with Crippen LogP contribution in [-0.4, -0.2) is 11.5 Å². The van der Waals surface area contributed by atoms with Crippen LogP contribution in [0, 0.1) is 0 Å². The molecule has 88 valence electrons. The molecule has 0 amide bonds. The van der Waals surface area contributed by atoms with Gasteiger partial charge in [-0.05, 0) is 31.1 Å². The van der Waals surface area contributed by atoms with E-state index in [1.54, 1.807) is 0 Å². The van der Waals surface area contributed by atoms with Gasteiger partial charge < -0.3 is 5.32 Å². The van der Waals surface area contributed by atoms with Gasteiger partial charge in [-0.25, -0.2) is 0 Å². The molecule has 1 N–H and O–H groups in total. The molecule has 1 aromatic rings. The van der Waals surface area contributed by atoms with Crippen molar-refractivity contribution < 1.29 is 0 Å². The summed E-state index contributed by atoms with van der Waals surface area (Å²) in [6.07, 6.45) is 10.9. The zero-order valence-corrected chi connectivity index (χ0v) is 10.4. The first-order valence-electron chi connectivity index (χ1n) is 6.23. The Hall–Kier alpha value is -1.31. The van der Waals surface area contributed by atoms with Gasteiger partial charge in [0.1, 0.15) is 0 Å². The van der Waals surface area contributed by atoms with E-state index in [9.17, 15) is 0 Å². The molecule has 0 atom stereocenters. The van der Waals surface area contributed by atoms with Crippen LogP contribution in [0.5, 0.6) is 0 Å². The van der Waals surface area contributed by atoms with E-state index in [1.165, 1.54) is 19.3 Å². The summed E-state index contributed by atoms with van der Waals surface area (Å²) in [5, 5.41) is 3.38. The first-order valence-corrected chi connectivity index (χ1v) is 6.23. The van der Waals surface area contributed by atoms with Gasteiger partial charge in [-0.15, -0.1) is 0 Å². The van der Waals surface area contributed by atoms with Crippen molar-refractivity contribution in [2.24, 2.45) is 0 Å². The van der Waals surface area contributed by atoms with Crippen LogP contribution >= 0.6 is 0 Å². The largest absolute Gasteiger partial charge is 0.384 e. The predicted molar refractivity (Wildman–Crippen MR) is 71.6 cm³/mol. The number of aromatic nitrogens is 1. The molecule has 0 aliphatic rings. The summed E-state index contributed by atoms with van der Waals surface area (Å²) in [7, 11) is 0. The molecule has 1 rings (SSSR count). The van der Waals surface area contributed by atoms with Crippen LogP contribution in [0.15, 0.2) is 24.4 Å². The second kappa shape index (κ2) is 7.91. The summed E-state index contributed by atoms with van der Waals surface area (Å²) in [4.78, 5) is 4.37. The number of hydrogen-bond acceptors (Lipinski definition) is 2. The smallest absolute Gasteiger partial charge is 0.0628 e. The molecule has 0 bridgehead atoms. The van der Waals surface area contributed by atoms with Crippen molar-refractivity contribution in [2.45, 2.75) is 39.5 Å². The van der Waals surface area contributed by atoms with Crippen LogP contribution in [0.4, 0.5) is 5.69 Å². The Bertz CT molecular complexity index is 301. The third-order valence-electron chi connectivity index (χ3n) is 2.42. The van der Waals surface area contributed by atoms with Crippen LogP contribution in [0.25, 0.3) is 6.08 Å². The average molecular weight is 218 g/mol. The molecule has 0 fully saturated rings. The molecule has 1 aromatic heterocycles. The van der Waals surface area contributed by atoms with Gasteiger partial charge in [0, 0.05) is 6.54 Å². The van der Waals surface area contributed by atoms with E-state index < -0.39 is 0 Å². The van der Waals surface area contributed by atoms with Crippen molar-refractivity contribution in [3.63, 3.8) is 0 Å². The van der Waals surface area contributed by atoms with E-state index in [-0.39, 0.29) is 0 Å². The minimum atomic E-state index is 1.03. The minimum absolute atomic E-state index is 1.03. The van der Waals surface area contributed by atoms with E-state index in [0.717, 1.165) is 24.3 Å². The molecule has 0 aromatic carbocycles. The van der Waals surface area contributed by atoms with Gasteiger partial charge in [0.25, 0.3) is 0 Å². The summed E-state index contributed by atoms with van der Waals surface area (Å²) in [6.45, 7) is 5.39. The molecule has 2 heteroatoms. The molecule has 0 aliphatic carbocycles. The summed E-state index contributed by atoms with van der Waals surface area (Å²) in [5.41, 5.74) is 2.14. The average Bonchev–Trinajstić information content (AvgIpc) is 2.33. The summed E-state index contributed by atoms with van der Waals surface area (Å²) >= 11 is 0. The summed E-state index contributed by atoms with van der Waals surface area (Å²) < 4.78 is 0. The third-order valence-corrected chi connectivity index (χ3v) is 2.42. The van der Waals surface area contributed by atoms with Crippen molar-refractivity contribution in [1.29, 1.82) is 0 Å². The SMILES string of the molecule is CCC=Cc1ccc(NCCCCC)cn1. The van der Waals surface area contributed by atoms with Gasteiger partial charge >= 0.3 is 0 Å². The van der Waals surface area contributed by atoms with Gasteiger partial charge in [0.05, 0.1) is 17.6 Å². The van der Waals surface area contributed by atoms with Gasteiger partial charge in [0.2, 0.25) is 0 Å². The highest BCUT2D eigenvalue weighted by Crippen LogP contribution is 2.08. The lowest BCUT2D eigenvalue weighted by Gasteiger charge is -2.05. The highest BCUT2D eigenvalue weighted by molar-refractivity contribution is 5.49. The van der Waals surface area contributed by atoms with Crippen LogP contribution in [-0.2, 0) is 0 Å². The second-order valence-corrected chi connectivity index (χ2v) is 3.92. The molecule has 0 spiro atoms. The predicted octanol–water partition coefficient (Wildman–Crippen LogP) is 4.11. The Kier molecular flexibility index (Phi) is 6.31. The van der Waals surface area contributed by atoms with Crippen molar-refractivity contribution >= 4 is 11.8 Å². The highest BCUT2D eigenvalue weighted by Gasteiger charge is 1.92. The summed E-state index contributed by atoms with van der Waals surface area (Å²) in [6, 6.07) is 4.14. The number of rotatable bonds is 7. The molecular weight excluding hydrogens is 196 g/mol. The van der Waals surface area contributed by atoms with Crippen molar-refractivity contribution in [1.82, 2.24) is 4.98 Å². The standard InChI is InChI=1S/C14H22N2/c1-3-5-7-11-15-14-10-9-13(16-12-14)8-6-4-2/h6,8-10,12,15H,3-5,7,11H2,1-2H3. The molecule has 0 aliphatic heterocycles. The maximum atomic E-state index is 4.37. The highest BCUT2D eigenvalue weighted by atomic mass is 14.9. The number of allylic oxidation sites excluding steroid dienone is 1. The Balaban J connectivity index is 2.36. The fourth-order valence-corrected chi connectivity index (χ4v) is 1.45. The van der Waals surface area contributed by atoms with Crippen molar-refractivity contribution in [3.05, 3.63) is 30.1 Å². The zero-order valence-electron chi connectivity index (χ0n) is 10.4. The molecule has 0 unspecified atom stereocenters. The molecule has 16 heavy (non-hydrogen) atoms. The second-order valence-electron chi connectivity index (χ2n) is 3.92. The number of hydrogen-bond donors (Lipinski definition) is 1. The molecule has 0 saturated heterocycles. The molecule has 0 saturated carbocycles. The van der Waals surface area contributed by atoms with E-state index >= 15 is 0 Å². The lowest BCUT2D eigenvalue weighted by Crippen LogP contribution is -2.01. The molecular formula is C14H22N2. The van der Waals surface area contributed by atoms with E-state index in [2.05, 4.69) is 42.4 Å². The lowest BCUT2D eigenvalue weighted by atomic mass is 10.2. The Morgan fingerprint density at radius 3 is 2.75 bits per heavy atom. The van der Waals surface area contributed by atoms with Gasteiger partial charge in [0.15, 0.2) is 0 Å². The van der Waals surface area contributed by atoms with Gasteiger partial charge in [-0.3, -0.25) is 4.98 Å². The van der Waals surface area contributed by atoms with E-state index in [4.69, 9.17) is 0 Å². The van der Waals surface area contributed by atoms with E-state index in [1.807, 2.05) is 12.3 Å². The number of nitrogens with zero attached hydrogens (tertiary/aromatic N) is 1. The van der Waals surface area contributed by atoms with E-state index in [0.29, 0.717) is 0 Å². The number of pyridine rings is 1. The maximum absolute atomic E-state index is 4.37. The maximum Gasteiger partial charge on any atom is 0.0628 e. The number of unbranched alkanes of at least 4 members (excludes halogenated alkanes) is 2. The van der Waals surface area contributed by atoms with Crippen LogP contribution in [0.2, 0.25) is 0 Å². The summed E-state index contributed by atoms with van der Waals surface area (Å²) in [5.74, 6) is 0. The fraction of sp³-hybridized carbons (Fsp3) is 0.500. The van der Waals surface area contributed by atoms with Crippen LogP contribution in [0.1, 0.15) is 45.2 Å².